The Kier molecular flexibility index (Phi) is 4.94. The Balaban J connectivity index is 2.31. The van der Waals surface area contributed by atoms with Crippen molar-refractivity contribution in [2.75, 3.05) is 18.9 Å². The van der Waals surface area contributed by atoms with E-state index in [1.807, 2.05) is 22.6 Å². The van der Waals surface area contributed by atoms with Gasteiger partial charge in [-0.3, -0.25) is 4.72 Å². The quantitative estimate of drug-likeness (QED) is 0.757. The molecule has 7 heteroatoms. The van der Waals surface area contributed by atoms with E-state index < -0.39 is 10.0 Å². The first-order valence-corrected chi connectivity index (χ1v) is 8.53. The molecular weight excluding hydrogens is 405 g/mol. The number of nitrogens with one attached hydrogen (secondary N) is 1. The van der Waals surface area contributed by atoms with Crippen molar-refractivity contribution in [2.24, 2.45) is 0 Å². The molecule has 112 valence electrons. The highest BCUT2D eigenvalue weighted by Crippen LogP contribution is 2.26. The fourth-order valence-corrected chi connectivity index (χ4v) is 3.74. The average Bonchev–Trinajstić information content (AvgIpc) is 2.47. The molecule has 0 unspecified atom stereocenters. The maximum Gasteiger partial charge on any atom is 0.261 e. The number of hydrogen-bond acceptors (Lipinski definition) is 4. The van der Waals surface area contributed by atoms with Crippen molar-refractivity contribution >= 4 is 38.3 Å². The number of methoxy groups -OCH3 is 2. The number of benzene rings is 2. The van der Waals surface area contributed by atoms with Gasteiger partial charge in [0.05, 0.1) is 28.4 Å². The van der Waals surface area contributed by atoms with Crippen molar-refractivity contribution in [1.82, 2.24) is 0 Å². The fraction of sp³-hybridized carbons (Fsp3) is 0.143. The second-order valence-corrected chi connectivity index (χ2v) is 6.98. The number of halogens is 1. The first kappa shape index (κ1) is 15.9. The highest BCUT2D eigenvalue weighted by Gasteiger charge is 2.16. The molecule has 2 rings (SSSR count). The molecule has 0 spiro atoms. The fourth-order valence-electron chi connectivity index (χ4n) is 1.71. The largest absolute Gasteiger partial charge is 0.497 e. The van der Waals surface area contributed by atoms with Crippen LogP contribution in [0, 0.1) is 3.57 Å². The van der Waals surface area contributed by atoms with E-state index in [1.54, 1.807) is 43.5 Å². The van der Waals surface area contributed by atoms with Crippen LogP contribution in [0.3, 0.4) is 0 Å². The monoisotopic (exact) mass is 419 g/mol. The number of sulfonamides is 1. The molecule has 0 bridgehead atoms. The predicted molar refractivity (Wildman–Crippen MR) is 89.5 cm³/mol. The van der Waals surface area contributed by atoms with Gasteiger partial charge in [0.2, 0.25) is 0 Å². The third-order valence-corrected chi connectivity index (χ3v) is 4.98. The lowest BCUT2D eigenvalue weighted by Crippen LogP contribution is -2.13. The average molecular weight is 419 g/mol. The first-order valence-electron chi connectivity index (χ1n) is 5.96. The van der Waals surface area contributed by atoms with E-state index in [-0.39, 0.29) is 4.90 Å². The van der Waals surface area contributed by atoms with Crippen LogP contribution in [0.2, 0.25) is 0 Å². The van der Waals surface area contributed by atoms with Crippen molar-refractivity contribution < 1.29 is 17.9 Å². The predicted octanol–water partition coefficient (Wildman–Crippen LogP) is 3.11. The standard InChI is InChI=1S/C14H14INO4S/c1-19-11-5-3-4-10(8-11)16-21(17,18)12-6-7-14(20-2)13(15)9-12/h3-9,16H,1-2H3. The number of ether oxygens (including phenoxy) is 2. The van der Waals surface area contributed by atoms with Crippen molar-refractivity contribution in [3.8, 4) is 11.5 Å². The van der Waals surface area contributed by atoms with Gasteiger partial charge in [0.25, 0.3) is 10.0 Å². The highest BCUT2D eigenvalue weighted by molar-refractivity contribution is 14.1. The van der Waals surface area contributed by atoms with Crippen molar-refractivity contribution in [1.29, 1.82) is 0 Å². The molecule has 0 saturated heterocycles. The minimum atomic E-state index is -3.65. The number of anilines is 1. The first-order chi connectivity index (χ1) is 9.96. The Morgan fingerprint density at radius 3 is 2.43 bits per heavy atom. The molecule has 0 aliphatic carbocycles. The Bertz CT molecular complexity index is 746. The van der Waals surface area contributed by atoms with Gasteiger partial charge >= 0.3 is 0 Å². The third kappa shape index (κ3) is 3.79. The Morgan fingerprint density at radius 2 is 1.81 bits per heavy atom. The minimum absolute atomic E-state index is 0.176. The zero-order chi connectivity index (χ0) is 15.5. The summed E-state index contributed by atoms with van der Waals surface area (Å²) in [6, 6.07) is 11.4. The maximum atomic E-state index is 12.4. The van der Waals surface area contributed by atoms with E-state index in [0.29, 0.717) is 17.2 Å². The van der Waals surface area contributed by atoms with Crippen LogP contribution in [0.25, 0.3) is 0 Å². The van der Waals surface area contributed by atoms with Crippen LogP contribution in [0.4, 0.5) is 5.69 Å². The summed E-state index contributed by atoms with van der Waals surface area (Å²) in [7, 11) is -0.583. The van der Waals surface area contributed by atoms with Crippen LogP contribution in [-0.4, -0.2) is 22.6 Å². The highest BCUT2D eigenvalue weighted by atomic mass is 127. The molecular formula is C14H14INO4S. The molecule has 0 aliphatic heterocycles. The molecule has 0 fully saturated rings. The van der Waals surface area contributed by atoms with Crippen LogP contribution in [0.5, 0.6) is 11.5 Å². The van der Waals surface area contributed by atoms with Gasteiger partial charge in [-0.1, -0.05) is 6.07 Å². The van der Waals surface area contributed by atoms with E-state index in [9.17, 15) is 8.42 Å². The number of rotatable bonds is 5. The van der Waals surface area contributed by atoms with Gasteiger partial charge in [-0.15, -0.1) is 0 Å². The van der Waals surface area contributed by atoms with Gasteiger partial charge in [-0.2, -0.15) is 0 Å². The summed E-state index contributed by atoms with van der Waals surface area (Å²) < 4.78 is 38.2. The summed E-state index contributed by atoms with van der Waals surface area (Å²) in [4.78, 5) is 0.176. The van der Waals surface area contributed by atoms with Gasteiger partial charge in [0, 0.05) is 6.07 Å². The number of hydrogen-bond donors (Lipinski definition) is 1. The third-order valence-electron chi connectivity index (χ3n) is 2.76. The summed E-state index contributed by atoms with van der Waals surface area (Å²) in [5, 5.41) is 0. The van der Waals surface area contributed by atoms with E-state index >= 15 is 0 Å². The SMILES string of the molecule is COc1cccc(NS(=O)(=O)c2ccc(OC)c(I)c2)c1. The van der Waals surface area contributed by atoms with Gasteiger partial charge in [-0.05, 0) is 52.9 Å². The smallest absolute Gasteiger partial charge is 0.261 e. The second kappa shape index (κ2) is 6.52. The molecule has 1 N–H and O–H groups in total. The molecule has 5 nitrogen and oxygen atoms in total. The second-order valence-electron chi connectivity index (χ2n) is 4.13. The van der Waals surface area contributed by atoms with Crippen molar-refractivity contribution in [2.45, 2.75) is 4.90 Å². The van der Waals surface area contributed by atoms with E-state index in [0.717, 1.165) is 3.57 Å². The molecule has 0 saturated carbocycles. The van der Waals surface area contributed by atoms with E-state index in [1.165, 1.54) is 13.2 Å². The van der Waals surface area contributed by atoms with Gasteiger partial charge < -0.3 is 9.47 Å². The summed E-state index contributed by atoms with van der Waals surface area (Å²) in [6.45, 7) is 0. The van der Waals surface area contributed by atoms with E-state index in [4.69, 9.17) is 9.47 Å². The molecule has 0 radical (unpaired) electrons. The summed E-state index contributed by atoms with van der Waals surface area (Å²) in [6.07, 6.45) is 0. The minimum Gasteiger partial charge on any atom is -0.497 e. The van der Waals surface area contributed by atoms with Crippen LogP contribution in [-0.2, 0) is 10.0 Å². The Hall–Kier alpha value is -1.48. The van der Waals surface area contributed by atoms with Crippen molar-refractivity contribution in [3.63, 3.8) is 0 Å². The van der Waals surface area contributed by atoms with Crippen LogP contribution in [0.15, 0.2) is 47.4 Å². The molecule has 2 aromatic rings. The molecule has 21 heavy (non-hydrogen) atoms. The Morgan fingerprint density at radius 1 is 1.05 bits per heavy atom. The van der Waals surface area contributed by atoms with Gasteiger partial charge in [-0.25, -0.2) is 8.42 Å². The maximum absolute atomic E-state index is 12.4. The lowest BCUT2D eigenvalue weighted by Gasteiger charge is -2.10. The zero-order valence-electron chi connectivity index (χ0n) is 11.5. The topological polar surface area (TPSA) is 64.6 Å². The zero-order valence-corrected chi connectivity index (χ0v) is 14.4. The van der Waals surface area contributed by atoms with Gasteiger partial charge in [0.1, 0.15) is 11.5 Å². The summed E-state index contributed by atoms with van der Waals surface area (Å²) in [5.74, 6) is 1.22. The molecule has 0 atom stereocenters. The summed E-state index contributed by atoms with van der Waals surface area (Å²) >= 11 is 2.03. The van der Waals surface area contributed by atoms with Crippen LogP contribution >= 0.6 is 22.6 Å². The molecule has 0 aromatic heterocycles. The normalized spacial score (nSPS) is 11.0. The Labute approximate surface area is 137 Å². The van der Waals surface area contributed by atoms with E-state index in [2.05, 4.69) is 4.72 Å². The van der Waals surface area contributed by atoms with Crippen LogP contribution < -0.4 is 14.2 Å². The lowest BCUT2D eigenvalue weighted by atomic mass is 10.3. The molecule has 2 aromatic carbocycles. The van der Waals surface area contributed by atoms with Crippen molar-refractivity contribution in [3.05, 3.63) is 46.0 Å². The van der Waals surface area contributed by atoms with Crippen LogP contribution in [0.1, 0.15) is 0 Å². The molecule has 0 heterocycles. The molecule has 0 aliphatic rings. The van der Waals surface area contributed by atoms with Gasteiger partial charge in [0.15, 0.2) is 0 Å². The summed E-state index contributed by atoms with van der Waals surface area (Å²) in [5.41, 5.74) is 0.445. The lowest BCUT2D eigenvalue weighted by molar-refractivity contribution is 0.411. The molecule has 0 amide bonds.